The summed E-state index contributed by atoms with van der Waals surface area (Å²) < 4.78 is 0. The van der Waals surface area contributed by atoms with Gasteiger partial charge in [-0.3, -0.25) is 19.2 Å². The molecule has 1 aromatic rings. The van der Waals surface area contributed by atoms with E-state index in [1.807, 2.05) is 0 Å². The molecule has 5 heteroatoms. The van der Waals surface area contributed by atoms with E-state index in [0.29, 0.717) is 17.7 Å². The molecule has 0 atom stereocenters. The van der Waals surface area contributed by atoms with E-state index >= 15 is 0 Å². The fourth-order valence-electron chi connectivity index (χ4n) is 2.34. The summed E-state index contributed by atoms with van der Waals surface area (Å²) in [5, 5.41) is 2.88. The number of nitrogens with one attached hydrogen (secondary N) is 1. The summed E-state index contributed by atoms with van der Waals surface area (Å²) in [6, 6.07) is 6.77. The molecule has 22 heavy (non-hydrogen) atoms. The van der Waals surface area contributed by atoms with E-state index in [4.69, 9.17) is 0 Å². The Morgan fingerprint density at radius 2 is 1.68 bits per heavy atom. The maximum absolute atomic E-state index is 11.9. The molecule has 1 saturated carbocycles. The normalized spacial score (nSPS) is 16.0. The lowest BCUT2D eigenvalue weighted by atomic mass is 9.84. The molecule has 0 heterocycles. The van der Waals surface area contributed by atoms with Crippen molar-refractivity contribution in [2.45, 2.75) is 26.2 Å². The summed E-state index contributed by atoms with van der Waals surface area (Å²) in [6.45, 7) is 1.49. The largest absolute Gasteiger partial charge is 0.362 e. The minimum atomic E-state index is -1.13. The molecule has 0 saturated heterocycles. The molecule has 5 nitrogen and oxygen atoms in total. The first kappa shape index (κ1) is 15.8. The highest BCUT2D eigenvalue weighted by Crippen LogP contribution is 2.18. The smallest absolute Gasteiger partial charge is 0.175 e. The molecule has 0 bridgehead atoms. The molecule has 0 unspecified atom stereocenters. The first-order valence-corrected chi connectivity index (χ1v) is 7.12. The van der Waals surface area contributed by atoms with Crippen LogP contribution in [0.5, 0.6) is 0 Å². The third kappa shape index (κ3) is 3.75. The minimum absolute atomic E-state index is 0.0217. The summed E-state index contributed by atoms with van der Waals surface area (Å²) >= 11 is 0. The first-order chi connectivity index (χ1) is 10.5. The summed E-state index contributed by atoms with van der Waals surface area (Å²) in [5.41, 5.74) is 1.30. The van der Waals surface area contributed by atoms with Crippen molar-refractivity contribution in [3.05, 3.63) is 42.1 Å². The number of benzene rings is 1. The Morgan fingerprint density at radius 3 is 2.23 bits per heavy atom. The van der Waals surface area contributed by atoms with Gasteiger partial charge in [-0.15, -0.1) is 0 Å². The number of carbonyl (C=O) groups excluding carboxylic acids is 4. The number of hydrogen-bond donors (Lipinski definition) is 1. The number of hydrogen-bond acceptors (Lipinski definition) is 5. The Morgan fingerprint density at radius 1 is 1.09 bits per heavy atom. The maximum Gasteiger partial charge on any atom is 0.175 e. The molecule has 0 amide bonds. The van der Waals surface area contributed by atoms with Gasteiger partial charge in [0.1, 0.15) is 5.92 Å². The second kappa shape index (κ2) is 6.93. The number of carbonyl (C=O) groups is 4. The van der Waals surface area contributed by atoms with Crippen LogP contribution in [0.15, 0.2) is 36.5 Å². The molecule has 0 aliphatic heterocycles. The van der Waals surface area contributed by atoms with Gasteiger partial charge in [-0.1, -0.05) is 0 Å². The predicted molar refractivity (Wildman–Crippen MR) is 81.6 cm³/mol. The predicted octanol–water partition coefficient (Wildman–Crippen LogP) is 2.32. The number of rotatable bonds is 5. The SMILES string of the molecule is CC(=O)c1ccc(N/C=C\C(=O)C2C(=O)CCCC2=O)cc1. The van der Waals surface area contributed by atoms with E-state index in [2.05, 4.69) is 5.32 Å². The van der Waals surface area contributed by atoms with Crippen LogP contribution in [0.2, 0.25) is 0 Å². The number of ketones is 4. The lowest BCUT2D eigenvalue weighted by Crippen LogP contribution is -2.34. The van der Waals surface area contributed by atoms with Gasteiger partial charge in [0.25, 0.3) is 0 Å². The van der Waals surface area contributed by atoms with Crippen molar-refractivity contribution in [3.63, 3.8) is 0 Å². The van der Waals surface area contributed by atoms with Crippen LogP contribution < -0.4 is 5.32 Å². The minimum Gasteiger partial charge on any atom is -0.362 e. The van der Waals surface area contributed by atoms with E-state index in [0.717, 1.165) is 0 Å². The lowest BCUT2D eigenvalue weighted by molar-refractivity contribution is -0.140. The van der Waals surface area contributed by atoms with Gasteiger partial charge in [-0.2, -0.15) is 0 Å². The highest BCUT2D eigenvalue weighted by molar-refractivity contribution is 6.23. The Hall–Kier alpha value is -2.56. The van der Waals surface area contributed by atoms with Crippen molar-refractivity contribution in [1.82, 2.24) is 0 Å². The number of allylic oxidation sites excluding steroid dienone is 1. The van der Waals surface area contributed by atoms with Gasteiger partial charge in [-0.25, -0.2) is 0 Å². The molecule has 1 N–H and O–H groups in total. The molecule has 1 aliphatic rings. The zero-order valence-corrected chi connectivity index (χ0v) is 12.3. The van der Waals surface area contributed by atoms with Gasteiger partial charge in [0.2, 0.25) is 0 Å². The standard InChI is InChI=1S/C17H17NO4/c1-11(19)12-5-7-13(8-6-12)18-10-9-16(22)17-14(20)3-2-4-15(17)21/h5-10,17-18H,2-4H2,1H3/b10-9-. The Labute approximate surface area is 128 Å². The highest BCUT2D eigenvalue weighted by atomic mass is 16.2. The van der Waals surface area contributed by atoms with Crippen LogP contribution >= 0.6 is 0 Å². The molecule has 0 radical (unpaired) electrons. The van der Waals surface area contributed by atoms with E-state index in [1.54, 1.807) is 24.3 Å². The van der Waals surface area contributed by atoms with Crippen molar-refractivity contribution in [3.8, 4) is 0 Å². The monoisotopic (exact) mass is 299 g/mol. The second-order valence-electron chi connectivity index (χ2n) is 5.23. The van der Waals surface area contributed by atoms with Crippen molar-refractivity contribution in [2.24, 2.45) is 5.92 Å². The average Bonchev–Trinajstić information content (AvgIpc) is 2.47. The van der Waals surface area contributed by atoms with Gasteiger partial charge < -0.3 is 5.32 Å². The van der Waals surface area contributed by atoms with Gasteiger partial charge in [-0.05, 0) is 43.7 Å². The quantitative estimate of drug-likeness (QED) is 0.513. The van der Waals surface area contributed by atoms with Crippen LogP contribution in [-0.2, 0) is 14.4 Å². The van der Waals surface area contributed by atoms with Crippen molar-refractivity contribution in [2.75, 3.05) is 5.32 Å². The summed E-state index contributed by atoms with van der Waals surface area (Å²) in [5.74, 6) is -2.23. The van der Waals surface area contributed by atoms with E-state index < -0.39 is 11.7 Å². The zero-order valence-electron chi connectivity index (χ0n) is 12.3. The Bertz CT molecular complexity index is 627. The van der Waals surface area contributed by atoms with Crippen LogP contribution in [-0.4, -0.2) is 23.1 Å². The second-order valence-corrected chi connectivity index (χ2v) is 5.23. The van der Waals surface area contributed by atoms with E-state index in [9.17, 15) is 19.2 Å². The van der Waals surface area contributed by atoms with Crippen LogP contribution in [0.1, 0.15) is 36.5 Å². The maximum atomic E-state index is 11.9. The average molecular weight is 299 g/mol. The molecule has 0 aromatic heterocycles. The third-order valence-electron chi connectivity index (χ3n) is 3.56. The topological polar surface area (TPSA) is 80.3 Å². The summed E-state index contributed by atoms with van der Waals surface area (Å²) in [7, 11) is 0. The fourth-order valence-corrected chi connectivity index (χ4v) is 2.34. The van der Waals surface area contributed by atoms with Gasteiger partial charge in [0.15, 0.2) is 23.1 Å². The van der Waals surface area contributed by atoms with Gasteiger partial charge in [0, 0.05) is 30.3 Å². The molecule has 2 rings (SSSR count). The number of anilines is 1. The molecule has 1 fully saturated rings. The van der Waals surface area contributed by atoms with Crippen LogP contribution in [0.4, 0.5) is 5.69 Å². The van der Waals surface area contributed by atoms with Crippen LogP contribution in [0.25, 0.3) is 0 Å². The summed E-state index contributed by atoms with van der Waals surface area (Å²) in [4.78, 5) is 46.4. The van der Waals surface area contributed by atoms with E-state index in [-0.39, 0.29) is 30.2 Å². The molecule has 1 aromatic carbocycles. The molecule has 0 spiro atoms. The van der Waals surface area contributed by atoms with Crippen LogP contribution in [0, 0.1) is 5.92 Å². The fraction of sp³-hybridized carbons (Fsp3) is 0.294. The highest BCUT2D eigenvalue weighted by Gasteiger charge is 2.34. The molecular weight excluding hydrogens is 282 g/mol. The van der Waals surface area contributed by atoms with Crippen molar-refractivity contribution < 1.29 is 19.2 Å². The number of Topliss-reactive ketones (excluding diaryl/α,β-unsaturated/α-hetero) is 3. The summed E-state index contributed by atoms with van der Waals surface area (Å²) in [6.07, 6.45) is 3.72. The Kier molecular flexibility index (Phi) is 4.99. The van der Waals surface area contributed by atoms with Crippen molar-refractivity contribution >= 4 is 28.8 Å². The third-order valence-corrected chi connectivity index (χ3v) is 3.56. The first-order valence-electron chi connectivity index (χ1n) is 7.12. The lowest BCUT2D eigenvalue weighted by Gasteiger charge is -2.16. The Balaban J connectivity index is 1.96. The molecular formula is C17H17NO4. The zero-order chi connectivity index (χ0) is 16.1. The van der Waals surface area contributed by atoms with Crippen molar-refractivity contribution in [1.29, 1.82) is 0 Å². The van der Waals surface area contributed by atoms with Gasteiger partial charge in [0.05, 0.1) is 0 Å². The molecule has 1 aliphatic carbocycles. The van der Waals surface area contributed by atoms with E-state index in [1.165, 1.54) is 19.2 Å². The molecule has 114 valence electrons. The van der Waals surface area contributed by atoms with Gasteiger partial charge >= 0.3 is 0 Å². The van der Waals surface area contributed by atoms with Crippen LogP contribution in [0.3, 0.4) is 0 Å².